The Morgan fingerprint density at radius 3 is 1.90 bits per heavy atom. The fraction of sp³-hybridized carbons (Fsp3) is 0.889. The highest BCUT2D eigenvalue weighted by atomic mass is 16.5. The Hall–Kier alpha value is -0.860. The van der Waals surface area contributed by atoms with Gasteiger partial charge in [-0.15, -0.1) is 0 Å². The molecule has 3 heteroatoms. The minimum absolute atomic E-state index is 0.100. The minimum Gasteiger partial charge on any atom is -0.465 e. The summed E-state index contributed by atoms with van der Waals surface area (Å²) in [4.78, 5) is 24.2. The minimum atomic E-state index is -0.505. The highest BCUT2D eigenvalue weighted by Gasteiger charge is 2.26. The largest absolute Gasteiger partial charge is 0.465 e. The molecule has 1 unspecified atom stereocenters. The molecule has 0 aromatic carbocycles. The average Bonchev–Trinajstić information content (AvgIpc) is 2.47. The zero-order valence-electron chi connectivity index (χ0n) is 13.7. The van der Waals surface area contributed by atoms with E-state index in [1.54, 1.807) is 6.92 Å². The molecule has 0 N–H and O–H groups in total. The van der Waals surface area contributed by atoms with Gasteiger partial charge in [-0.05, 0) is 19.8 Å². The molecule has 0 saturated heterocycles. The number of carbonyl (C=O) groups excluding carboxylic acids is 2. The maximum Gasteiger partial charge on any atom is 0.316 e. The molecule has 1 aliphatic rings. The van der Waals surface area contributed by atoms with Gasteiger partial charge >= 0.3 is 5.97 Å². The molecule has 1 rings (SSSR count). The quantitative estimate of drug-likeness (QED) is 0.542. The van der Waals surface area contributed by atoms with Crippen LogP contribution in [0.2, 0.25) is 0 Å². The molecular formula is C18H32O3. The van der Waals surface area contributed by atoms with E-state index in [1.165, 1.54) is 44.9 Å². The monoisotopic (exact) mass is 296 g/mol. The van der Waals surface area contributed by atoms with E-state index in [-0.39, 0.29) is 11.8 Å². The normalized spacial score (nSPS) is 23.9. The SMILES string of the molecule is CCOC(=O)C1CCCCCCCCCCCCCC1=O. The maximum atomic E-state index is 12.3. The number of hydrogen-bond acceptors (Lipinski definition) is 3. The second-order valence-corrected chi connectivity index (χ2v) is 6.20. The summed E-state index contributed by atoms with van der Waals surface area (Å²) < 4.78 is 5.08. The van der Waals surface area contributed by atoms with Crippen molar-refractivity contribution in [3.8, 4) is 0 Å². The zero-order chi connectivity index (χ0) is 15.3. The van der Waals surface area contributed by atoms with Crippen molar-refractivity contribution in [1.29, 1.82) is 0 Å². The van der Waals surface area contributed by atoms with E-state index in [0.717, 1.165) is 25.7 Å². The van der Waals surface area contributed by atoms with Crippen LogP contribution in [0.3, 0.4) is 0 Å². The van der Waals surface area contributed by atoms with Gasteiger partial charge < -0.3 is 4.74 Å². The summed E-state index contributed by atoms with van der Waals surface area (Å²) in [6.07, 6.45) is 14.4. The molecule has 0 aromatic heterocycles. The molecule has 21 heavy (non-hydrogen) atoms. The van der Waals surface area contributed by atoms with E-state index >= 15 is 0 Å². The lowest BCUT2D eigenvalue weighted by atomic mass is 9.93. The molecule has 0 aliphatic heterocycles. The Morgan fingerprint density at radius 1 is 0.905 bits per heavy atom. The topological polar surface area (TPSA) is 43.4 Å². The highest BCUT2D eigenvalue weighted by Crippen LogP contribution is 2.19. The summed E-state index contributed by atoms with van der Waals surface area (Å²) in [6, 6.07) is 0. The van der Waals surface area contributed by atoms with Gasteiger partial charge in [-0.3, -0.25) is 9.59 Å². The van der Waals surface area contributed by atoms with Crippen LogP contribution >= 0.6 is 0 Å². The van der Waals surface area contributed by atoms with Gasteiger partial charge in [0.2, 0.25) is 0 Å². The number of esters is 1. The van der Waals surface area contributed by atoms with E-state index in [4.69, 9.17) is 4.74 Å². The first kappa shape index (κ1) is 18.2. The molecule has 1 aliphatic carbocycles. The molecule has 0 spiro atoms. The van der Waals surface area contributed by atoms with Gasteiger partial charge in [-0.25, -0.2) is 0 Å². The summed E-state index contributed by atoms with van der Waals surface area (Å²) in [5, 5.41) is 0. The third-order valence-corrected chi connectivity index (χ3v) is 4.38. The van der Waals surface area contributed by atoms with Crippen LogP contribution in [0.25, 0.3) is 0 Å². The molecule has 1 saturated carbocycles. The highest BCUT2D eigenvalue weighted by molar-refractivity contribution is 5.98. The van der Waals surface area contributed by atoms with Crippen molar-refractivity contribution in [3.63, 3.8) is 0 Å². The van der Waals surface area contributed by atoms with Crippen LogP contribution in [0.5, 0.6) is 0 Å². The van der Waals surface area contributed by atoms with Gasteiger partial charge in [0.05, 0.1) is 6.61 Å². The summed E-state index contributed by atoms with van der Waals surface area (Å²) in [7, 11) is 0. The number of carbonyl (C=O) groups is 2. The summed E-state index contributed by atoms with van der Waals surface area (Å²) in [5.41, 5.74) is 0. The molecule has 1 fully saturated rings. The average molecular weight is 296 g/mol. The van der Waals surface area contributed by atoms with E-state index < -0.39 is 5.92 Å². The van der Waals surface area contributed by atoms with Crippen LogP contribution in [0.1, 0.15) is 90.4 Å². The molecule has 0 radical (unpaired) electrons. The maximum absolute atomic E-state index is 12.3. The number of hydrogen-bond donors (Lipinski definition) is 0. The fourth-order valence-corrected chi connectivity index (χ4v) is 3.07. The first-order valence-electron chi connectivity index (χ1n) is 8.95. The predicted molar refractivity (Wildman–Crippen MR) is 85.2 cm³/mol. The van der Waals surface area contributed by atoms with Crippen LogP contribution in [0.15, 0.2) is 0 Å². The standard InChI is InChI=1S/C18H32O3/c1-2-21-18(20)16-14-12-10-8-6-4-3-5-7-9-11-13-15-17(16)19/h16H,2-15H2,1H3. The van der Waals surface area contributed by atoms with Gasteiger partial charge in [0.15, 0.2) is 0 Å². The first-order valence-corrected chi connectivity index (χ1v) is 8.95. The molecule has 0 aromatic rings. The van der Waals surface area contributed by atoms with Crippen molar-refractivity contribution in [2.75, 3.05) is 6.61 Å². The first-order chi connectivity index (χ1) is 10.3. The van der Waals surface area contributed by atoms with Gasteiger partial charge in [-0.1, -0.05) is 64.2 Å². The summed E-state index contributed by atoms with van der Waals surface area (Å²) in [5.74, 6) is -0.704. The Morgan fingerprint density at radius 2 is 1.38 bits per heavy atom. The van der Waals surface area contributed by atoms with Crippen LogP contribution < -0.4 is 0 Å². The molecule has 122 valence electrons. The van der Waals surface area contributed by atoms with Gasteiger partial charge in [0.1, 0.15) is 11.7 Å². The van der Waals surface area contributed by atoms with Crippen molar-refractivity contribution in [2.24, 2.45) is 5.92 Å². The Labute approximate surface area is 129 Å². The Bertz CT molecular complexity index is 299. The lowest BCUT2D eigenvalue weighted by Gasteiger charge is -2.14. The molecule has 3 nitrogen and oxygen atoms in total. The van der Waals surface area contributed by atoms with Crippen molar-refractivity contribution in [3.05, 3.63) is 0 Å². The number of Topliss-reactive ketones (excluding diaryl/α,β-unsaturated/α-hetero) is 1. The van der Waals surface area contributed by atoms with Crippen LogP contribution in [-0.4, -0.2) is 18.4 Å². The predicted octanol–water partition coefficient (Wildman–Crippen LogP) is 4.82. The lowest BCUT2D eigenvalue weighted by molar-refractivity contribution is -0.152. The van der Waals surface area contributed by atoms with E-state index in [2.05, 4.69) is 0 Å². The summed E-state index contributed by atoms with van der Waals surface area (Å²) >= 11 is 0. The van der Waals surface area contributed by atoms with Crippen LogP contribution in [-0.2, 0) is 14.3 Å². The molecule has 0 amide bonds. The molecule has 1 atom stereocenters. The van der Waals surface area contributed by atoms with Gasteiger partial charge in [0.25, 0.3) is 0 Å². The van der Waals surface area contributed by atoms with Gasteiger partial charge in [0, 0.05) is 6.42 Å². The van der Waals surface area contributed by atoms with Crippen molar-refractivity contribution in [2.45, 2.75) is 90.4 Å². The van der Waals surface area contributed by atoms with Crippen molar-refractivity contribution in [1.82, 2.24) is 0 Å². The fourth-order valence-electron chi connectivity index (χ4n) is 3.07. The van der Waals surface area contributed by atoms with Gasteiger partial charge in [-0.2, -0.15) is 0 Å². The Balaban J connectivity index is 2.49. The summed E-state index contributed by atoms with van der Waals surface area (Å²) in [6.45, 7) is 2.16. The van der Waals surface area contributed by atoms with Crippen LogP contribution in [0.4, 0.5) is 0 Å². The smallest absolute Gasteiger partial charge is 0.316 e. The third kappa shape index (κ3) is 8.23. The Kier molecular flexibility index (Phi) is 10.2. The molecule has 0 bridgehead atoms. The van der Waals surface area contributed by atoms with Crippen LogP contribution in [0, 0.1) is 5.92 Å². The van der Waals surface area contributed by atoms with Crippen molar-refractivity contribution < 1.29 is 14.3 Å². The van der Waals surface area contributed by atoms with E-state index in [0.29, 0.717) is 19.4 Å². The lowest BCUT2D eigenvalue weighted by Crippen LogP contribution is -2.26. The molecule has 0 heterocycles. The number of rotatable bonds is 2. The molecular weight excluding hydrogens is 264 g/mol. The van der Waals surface area contributed by atoms with E-state index in [9.17, 15) is 9.59 Å². The number of ketones is 1. The van der Waals surface area contributed by atoms with Crippen molar-refractivity contribution >= 4 is 11.8 Å². The van der Waals surface area contributed by atoms with E-state index in [1.807, 2.05) is 0 Å². The number of ether oxygens (including phenoxy) is 1. The third-order valence-electron chi connectivity index (χ3n) is 4.38. The zero-order valence-corrected chi connectivity index (χ0v) is 13.7. The second-order valence-electron chi connectivity index (χ2n) is 6.20. The second kappa shape index (κ2) is 11.8.